The van der Waals surface area contributed by atoms with E-state index in [1.807, 2.05) is 32.9 Å². The zero-order valence-electron chi connectivity index (χ0n) is 16.0. The van der Waals surface area contributed by atoms with Gasteiger partial charge >= 0.3 is 0 Å². The molecule has 3 aromatic rings. The summed E-state index contributed by atoms with van der Waals surface area (Å²) < 4.78 is 1.52. The highest BCUT2D eigenvalue weighted by Gasteiger charge is 2.20. The average Bonchev–Trinajstić information content (AvgIpc) is 2.66. The number of hydrogen-bond acceptors (Lipinski definition) is 4. The minimum atomic E-state index is -0.405. The topological polar surface area (TPSA) is 64.0 Å². The summed E-state index contributed by atoms with van der Waals surface area (Å²) in [4.78, 5) is 30.3. The summed E-state index contributed by atoms with van der Waals surface area (Å²) >= 11 is 7.39. The first-order chi connectivity index (χ1) is 13.4. The second-order valence-electron chi connectivity index (χ2n) is 6.93. The Balaban J connectivity index is 2.06. The first-order valence-electron chi connectivity index (χ1n) is 9.09. The van der Waals surface area contributed by atoms with Crippen LogP contribution in [-0.2, 0) is 4.79 Å². The van der Waals surface area contributed by atoms with E-state index < -0.39 is 5.25 Å². The van der Waals surface area contributed by atoms with Crippen LogP contribution < -0.4 is 10.9 Å². The van der Waals surface area contributed by atoms with Gasteiger partial charge in [-0.3, -0.25) is 14.2 Å². The van der Waals surface area contributed by atoms with Gasteiger partial charge in [0.15, 0.2) is 5.16 Å². The first-order valence-corrected chi connectivity index (χ1v) is 10.3. The fraction of sp³-hybridized carbons (Fsp3) is 0.286. The smallest absolute Gasteiger partial charge is 0.266 e. The average molecular weight is 416 g/mol. The van der Waals surface area contributed by atoms with Crippen molar-refractivity contribution >= 4 is 40.2 Å². The van der Waals surface area contributed by atoms with Crippen molar-refractivity contribution in [3.8, 4) is 5.69 Å². The summed E-state index contributed by atoms with van der Waals surface area (Å²) in [5.41, 5.74) is 1.03. The third-order valence-corrected chi connectivity index (χ3v) is 5.43. The van der Waals surface area contributed by atoms with Gasteiger partial charge in [-0.2, -0.15) is 0 Å². The molecule has 0 spiro atoms. The summed E-state index contributed by atoms with van der Waals surface area (Å²) in [5.74, 6) is 0.281. The van der Waals surface area contributed by atoms with Crippen LogP contribution in [-0.4, -0.2) is 27.3 Å². The maximum Gasteiger partial charge on any atom is 0.266 e. The lowest BCUT2D eigenvalue weighted by Crippen LogP contribution is -2.34. The van der Waals surface area contributed by atoms with Gasteiger partial charge in [-0.15, -0.1) is 0 Å². The van der Waals surface area contributed by atoms with Crippen LogP contribution in [0.15, 0.2) is 58.5 Å². The molecule has 0 saturated heterocycles. The summed E-state index contributed by atoms with van der Waals surface area (Å²) in [7, 11) is 0. The number of rotatable bonds is 6. The normalized spacial score (nSPS) is 12.3. The number of hydrogen-bond donors (Lipinski definition) is 1. The van der Waals surface area contributed by atoms with E-state index >= 15 is 0 Å². The molecule has 1 unspecified atom stereocenters. The van der Waals surface area contributed by atoms with E-state index in [0.29, 0.717) is 39.2 Å². The van der Waals surface area contributed by atoms with E-state index in [2.05, 4.69) is 10.3 Å². The number of nitrogens with zero attached hydrogens (tertiary/aromatic N) is 2. The standard InChI is InChI=1S/C21H22ClN3O2S/c1-13(2)12-23-19(26)14(3)28-21-24-18-10-5-4-9-17(18)20(27)25(21)16-8-6-7-15(22)11-16/h4-11,13-14H,12H2,1-3H3,(H,23,26). The molecule has 0 fully saturated rings. The lowest BCUT2D eigenvalue weighted by molar-refractivity contribution is -0.120. The molecule has 0 aliphatic carbocycles. The Morgan fingerprint density at radius 2 is 1.93 bits per heavy atom. The van der Waals surface area contributed by atoms with E-state index in [9.17, 15) is 9.59 Å². The molecule has 1 N–H and O–H groups in total. The molecule has 1 atom stereocenters. The van der Waals surface area contributed by atoms with E-state index in [1.54, 1.807) is 36.4 Å². The molecule has 146 valence electrons. The van der Waals surface area contributed by atoms with Crippen LogP contribution in [0.1, 0.15) is 20.8 Å². The van der Waals surface area contributed by atoms with Crippen LogP contribution in [0.2, 0.25) is 5.02 Å². The second-order valence-corrected chi connectivity index (χ2v) is 8.68. The van der Waals surface area contributed by atoms with Gasteiger partial charge in [-0.25, -0.2) is 4.98 Å². The van der Waals surface area contributed by atoms with Gasteiger partial charge in [0.2, 0.25) is 5.91 Å². The Kier molecular flexibility index (Phi) is 6.42. The number of carbonyl (C=O) groups is 1. The number of halogens is 1. The lowest BCUT2D eigenvalue weighted by Gasteiger charge is -2.17. The Morgan fingerprint density at radius 3 is 2.64 bits per heavy atom. The Morgan fingerprint density at radius 1 is 1.18 bits per heavy atom. The molecule has 0 bridgehead atoms. The molecule has 0 saturated carbocycles. The van der Waals surface area contributed by atoms with Crippen molar-refractivity contribution in [2.75, 3.05) is 6.54 Å². The van der Waals surface area contributed by atoms with E-state index in [0.717, 1.165) is 0 Å². The van der Waals surface area contributed by atoms with Crippen molar-refractivity contribution < 1.29 is 4.79 Å². The predicted octanol–water partition coefficient (Wildman–Crippen LogP) is 4.29. The van der Waals surface area contributed by atoms with Crippen molar-refractivity contribution in [3.05, 3.63) is 63.9 Å². The molecule has 2 aromatic carbocycles. The van der Waals surface area contributed by atoms with Gasteiger partial charge < -0.3 is 5.32 Å². The first kappa shape index (κ1) is 20.4. The van der Waals surface area contributed by atoms with Crippen LogP contribution >= 0.6 is 23.4 Å². The van der Waals surface area contributed by atoms with Crippen molar-refractivity contribution in [2.45, 2.75) is 31.2 Å². The number of benzene rings is 2. The van der Waals surface area contributed by atoms with E-state index in [-0.39, 0.29) is 11.5 Å². The van der Waals surface area contributed by atoms with Gasteiger partial charge in [0, 0.05) is 11.6 Å². The quantitative estimate of drug-likeness (QED) is 0.481. The fourth-order valence-electron chi connectivity index (χ4n) is 2.69. The van der Waals surface area contributed by atoms with Gasteiger partial charge in [-0.05, 0) is 43.2 Å². The second kappa shape index (κ2) is 8.80. The number of aromatic nitrogens is 2. The number of fused-ring (bicyclic) bond motifs is 1. The lowest BCUT2D eigenvalue weighted by atomic mass is 10.2. The van der Waals surface area contributed by atoms with Crippen molar-refractivity contribution in [1.29, 1.82) is 0 Å². The number of amides is 1. The molecular weight excluding hydrogens is 394 g/mol. The van der Waals surface area contributed by atoms with Crippen LogP contribution in [0.5, 0.6) is 0 Å². The minimum Gasteiger partial charge on any atom is -0.355 e. The van der Waals surface area contributed by atoms with Crippen molar-refractivity contribution in [3.63, 3.8) is 0 Å². The Labute approximate surface area is 173 Å². The number of para-hydroxylation sites is 1. The minimum absolute atomic E-state index is 0.0845. The molecule has 1 heterocycles. The third-order valence-electron chi connectivity index (χ3n) is 4.15. The largest absolute Gasteiger partial charge is 0.355 e. The number of thioether (sulfide) groups is 1. The highest BCUT2D eigenvalue weighted by molar-refractivity contribution is 8.00. The summed E-state index contributed by atoms with van der Waals surface area (Å²) in [6.45, 7) is 6.50. The Hall–Kier alpha value is -2.31. The molecule has 1 amide bonds. The highest BCUT2D eigenvalue weighted by atomic mass is 35.5. The third kappa shape index (κ3) is 4.56. The maximum atomic E-state index is 13.2. The van der Waals surface area contributed by atoms with Gasteiger partial charge in [0.1, 0.15) is 0 Å². The van der Waals surface area contributed by atoms with Crippen LogP contribution in [0.4, 0.5) is 0 Å². The summed E-state index contributed by atoms with van der Waals surface area (Å²) in [6, 6.07) is 14.2. The van der Waals surface area contributed by atoms with Gasteiger partial charge in [0.25, 0.3) is 5.56 Å². The molecule has 5 nitrogen and oxygen atoms in total. The molecule has 7 heteroatoms. The predicted molar refractivity (Wildman–Crippen MR) is 116 cm³/mol. The van der Waals surface area contributed by atoms with E-state index in [4.69, 9.17) is 11.6 Å². The van der Waals surface area contributed by atoms with Crippen LogP contribution in [0, 0.1) is 5.92 Å². The highest BCUT2D eigenvalue weighted by Crippen LogP contribution is 2.26. The summed E-state index contributed by atoms with van der Waals surface area (Å²) in [6.07, 6.45) is 0. The van der Waals surface area contributed by atoms with Crippen molar-refractivity contribution in [1.82, 2.24) is 14.9 Å². The molecule has 3 rings (SSSR count). The fourth-order valence-corrected chi connectivity index (χ4v) is 3.83. The van der Waals surface area contributed by atoms with Crippen LogP contribution in [0.25, 0.3) is 16.6 Å². The SMILES string of the molecule is CC(C)CNC(=O)C(C)Sc1nc2ccccc2c(=O)n1-c1cccc(Cl)c1. The zero-order chi connectivity index (χ0) is 20.3. The van der Waals surface area contributed by atoms with Gasteiger partial charge in [0.05, 0.1) is 21.8 Å². The van der Waals surface area contributed by atoms with Gasteiger partial charge in [-0.1, -0.05) is 55.4 Å². The van der Waals surface area contributed by atoms with E-state index in [1.165, 1.54) is 16.3 Å². The maximum absolute atomic E-state index is 13.2. The molecule has 1 aromatic heterocycles. The monoisotopic (exact) mass is 415 g/mol. The molecular formula is C21H22ClN3O2S. The molecule has 0 radical (unpaired) electrons. The molecule has 0 aliphatic heterocycles. The Bertz CT molecular complexity index is 1060. The van der Waals surface area contributed by atoms with Crippen LogP contribution in [0.3, 0.4) is 0 Å². The molecule has 0 aliphatic rings. The summed E-state index contributed by atoms with van der Waals surface area (Å²) in [5, 5.41) is 4.02. The number of carbonyl (C=O) groups excluding carboxylic acids is 1. The molecule has 28 heavy (non-hydrogen) atoms. The number of nitrogens with one attached hydrogen (secondary N) is 1. The zero-order valence-corrected chi connectivity index (χ0v) is 17.6. The van der Waals surface area contributed by atoms with Crippen molar-refractivity contribution in [2.24, 2.45) is 5.92 Å².